The van der Waals surface area contributed by atoms with Gasteiger partial charge in [-0.25, -0.2) is 0 Å². The first-order chi connectivity index (χ1) is 9.52. The van der Waals surface area contributed by atoms with E-state index in [-0.39, 0.29) is 11.1 Å². The number of hydrogen-bond donors (Lipinski definition) is 0. The monoisotopic (exact) mass is 265 g/mol. The molecule has 1 heterocycles. The van der Waals surface area contributed by atoms with Gasteiger partial charge in [0, 0.05) is 17.7 Å². The lowest BCUT2D eigenvalue weighted by molar-refractivity contribution is 0.148. The van der Waals surface area contributed by atoms with Crippen LogP contribution in [0.3, 0.4) is 0 Å². The Balaban J connectivity index is 1.86. The molecule has 1 atom stereocenters. The predicted octanol–water partition coefficient (Wildman–Crippen LogP) is 4.16. The van der Waals surface area contributed by atoms with Gasteiger partial charge in [0.05, 0.1) is 0 Å². The number of nitrogens with zero attached hydrogens (tertiary/aromatic N) is 1. The van der Waals surface area contributed by atoms with Gasteiger partial charge in [0.1, 0.15) is 0 Å². The van der Waals surface area contributed by atoms with Crippen LogP contribution in [0.5, 0.6) is 0 Å². The Bertz CT molecular complexity index is 638. The van der Waals surface area contributed by atoms with Gasteiger partial charge in [-0.1, -0.05) is 69.3 Å². The normalized spacial score (nSPS) is 21.6. The Morgan fingerprint density at radius 2 is 1.40 bits per heavy atom. The molecule has 2 aliphatic rings. The van der Waals surface area contributed by atoms with Crippen LogP contribution in [0.1, 0.15) is 31.9 Å². The van der Waals surface area contributed by atoms with Gasteiger partial charge < -0.3 is 0 Å². The summed E-state index contributed by atoms with van der Waals surface area (Å²) in [6, 6.07) is 17.2. The van der Waals surface area contributed by atoms with E-state index in [1.54, 1.807) is 0 Å². The van der Waals surface area contributed by atoms with Gasteiger partial charge in [0.25, 0.3) is 0 Å². The van der Waals surface area contributed by atoms with E-state index < -0.39 is 0 Å². The van der Waals surface area contributed by atoms with Crippen LogP contribution in [-0.4, -0.2) is 11.6 Å². The molecule has 20 heavy (non-hydrogen) atoms. The largest absolute Gasteiger partial charge is 0.261 e. The van der Waals surface area contributed by atoms with Crippen molar-refractivity contribution in [3.05, 3.63) is 59.7 Å². The second-order valence-corrected chi connectivity index (χ2v) is 6.92. The number of hydrogen-bond acceptors (Lipinski definition) is 2. The highest BCUT2D eigenvalue weighted by Crippen LogP contribution is 2.60. The van der Waals surface area contributed by atoms with Crippen molar-refractivity contribution in [2.75, 3.05) is 6.54 Å². The van der Waals surface area contributed by atoms with Crippen molar-refractivity contribution in [3.8, 4) is 11.1 Å². The number of benzene rings is 2. The van der Waals surface area contributed by atoms with Crippen molar-refractivity contribution >= 4 is 0 Å². The van der Waals surface area contributed by atoms with Crippen molar-refractivity contribution in [1.82, 2.24) is 5.06 Å². The van der Waals surface area contributed by atoms with Crippen molar-refractivity contribution in [1.29, 1.82) is 0 Å². The maximum atomic E-state index is 6.13. The molecule has 1 aliphatic heterocycles. The molecule has 2 nitrogen and oxygen atoms in total. The first-order valence-electron chi connectivity index (χ1n) is 7.18. The minimum absolute atomic E-state index is 0.218. The zero-order chi connectivity index (χ0) is 14.0. The average Bonchev–Trinajstić information content (AvgIpc) is 3.03. The van der Waals surface area contributed by atoms with Crippen LogP contribution in [0.2, 0.25) is 0 Å². The smallest absolute Gasteiger partial charge is 0.216 e. The summed E-state index contributed by atoms with van der Waals surface area (Å²) in [4.78, 5) is 6.13. The Morgan fingerprint density at radius 1 is 0.900 bits per heavy atom. The molecule has 2 aromatic rings. The van der Waals surface area contributed by atoms with Crippen LogP contribution in [0.15, 0.2) is 48.5 Å². The highest BCUT2D eigenvalue weighted by Gasteiger charge is 2.63. The van der Waals surface area contributed by atoms with Crippen LogP contribution < -0.4 is 0 Å². The lowest BCUT2D eigenvalue weighted by Gasteiger charge is -2.18. The van der Waals surface area contributed by atoms with Gasteiger partial charge >= 0.3 is 0 Å². The average molecular weight is 265 g/mol. The van der Waals surface area contributed by atoms with Crippen molar-refractivity contribution in [3.63, 3.8) is 0 Å². The minimum Gasteiger partial charge on any atom is -0.261 e. The van der Waals surface area contributed by atoms with E-state index in [2.05, 4.69) is 74.4 Å². The summed E-state index contributed by atoms with van der Waals surface area (Å²) >= 11 is 0. The molecule has 1 saturated heterocycles. The van der Waals surface area contributed by atoms with Gasteiger partial charge in [0.15, 0.2) is 0 Å². The topological polar surface area (TPSA) is 15.5 Å². The number of rotatable bonds is 1. The van der Waals surface area contributed by atoms with Crippen LogP contribution >= 0.6 is 0 Å². The molecular formula is C18H19NO. The number of fused-ring (bicyclic) bond motifs is 5. The van der Waals surface area contributed by atoms with Gasteiger partial charge in [-0.3, -0.25) is 4.84 Å². The molecule has 1 spiro atoms. The molecule has 0 N–H and O–H groups in total. The molecule has 4 rings (SSSR count). The van der Waals surface area contributed by atoms with Gasteiger partial charge in [0.2, 0.25) is 5.72 Å². The number of hydroxylamine groups is 2. The molecule has 0 radical (unpaired) electrons. The van der Waals surface area contributed by atoms with E-state index >= 15 is 0 Å². The molecule has 1 aliphatic carbocycles. The second kappa shape index (κ2) is 3.72. The highest BCUT2D eigenvalue weighted by atomic mass is 16.9. The first-order valence-corrected chi connectivity index (χ1v) is 7.18. The molecular weight excluding hydrogens is 246 g/mol. The molecule has 2 heteroatoms. The zero-order valence-electron chi connectivity index (χ0n) is 12.2. The Kier molecular flexibility index (Phi) is 2.25. The first kappa shape index (κ1) is 12.1. The molecule has 0 bridgehead atoms. The quantitative estimate of drug-likeness (QED) is 0.719. The van der Waals surface area contributed by atoms with Crippen LogP contribution in [0, 0.1) is 5.41 Å². The maximum Gasteiger partial charge on any atom is 0.216 e. The van der Waals surface area contributed by atoms with Gasteiger partial charge in [-0.15, -0.1) is 5.06 Å². The Morgan fingerprint density at radius 3 is 1.90 bits per heavy atom. The van der Waals surface area contributed by atoms with Crippen LogP contribution in [-0.2, 0) is 10.6 Å². The predicted molar refractivity (Wildman–Crippen MR) is 79.9 cm³/mol. The summed E-state index contributed by atoms with van der Waals surface area (Å²) in [6.07, 6.45) is 0. The fourth-order valence-corrected chi connectivity index (χ4v) is 3.25. The lowest BCUT2D eigenvalue weighted by Crippen LogP contribution is -2.24. The summed E-state index contributed by atoms with van der Waals surface area (Å²) in [7, 11) is 0. The van der Waals surface area contributed by atoms with E-state index in [1.165, 1.54) is 22.3 Å². The summed E-state index contributed by atoms with van der Waals surface area (Å²) in [6.45, 7) is 7.66. The van der Waals surface area contributed by atoms with E-state index in [4.69, 9.17) is 4.84 Å². The van der Waals surface area contributed by atoms with E-state index in [0.717, 1.165) is 6.54 Å². The second-order valence-electron chi connectivity index (χ2n) is 6.92. The third-order valence-electron chi connectivity index (χ3n) is 4.05. The fourth-order valence-electron chi connectivity index (χ4n) is 3.25. The van der Waals surface area contributed by atoms with Gasteiger partial charge in [-0.05, 0) is 16.5 Å². The molecule has 2 aromatic carbocycles. The fraction of sp³-hybridized carbons (Fsp3) is 0.333. The molecule has 102 valence electrons. The van der Waals surface area contributed by atoms with Crippen LogP contribution in [0.4, 0.5) is 0 Å². The summed E-state index contributed by atoms with van der Waals surface area (Å²) in [5.41, 5.74) is 5.06. The van der Waals surface area contributed by atoms with Crippen LogP contribution in [0.25, 0.3) is 11.1 Å². The van der Waals surface area contributed by atoms with Crippen molar-refractivity contribution < 1.29 is 4.84 Å². The SMILES string of the molecule is CC(C)(C)CN1OC12c1ccccc1-c1ccccc12. The summed E-state index contributed by atoms with van der Waals surface area (Å²) in [5, 5.41) is 2.14. The molecule has 1 unspecified atom stereocenters. The van der Waals surface area contributed by atoms with Gasteiger partial charge in [-0.2, -0.15) is 0 Å². The summed E-state index contributed by atoms with van der Waals surface area (Å²) < 4.78 is 0. The van der Waals surface area contributed by atoms with E-state index in [9.17, 15) is 0 Å². The molecule has 0 aromatic heterocycles. The maximum absolute atomic E-state index is 6.13. The Labute approximate surface area is 119 Å². The molecule has 0 amide bonds. The third kappa shape index (κ3) is 1.52. The van der Waals surface area contributed by atoms with E-state index in [0.29, 0.717) is 0 Å². The zero-order valence-corrected chi connectivity index (χ0v) is 12.2. The lowest BCUT2D eigenvalue weighted by atomic mass is 9.95. The highest BCUT2D eigenvalue weighted by molar-refractivity contribution is 5.80. The standard InChI is InChI=1S/C18H19NO/c1-17(2,3)12-19-18(20-19)15-10-6-4-8-13(15)14-9-5-7-11-16(14)18/h4-11H,12H2,1-3H3. The van der Waals surface area contributed by atoms with Crippen molar-refractivity contribution in [2.24, 2.45) is 5.41 Å². The molecule has 1 fully saturated rings. The van der Waals surface area contributed by atoms with E-state index in [1.807, 2.05) is 0 Å². The third-order valence-corrected chi connectivity index (χ3v) is 4.05. The molecule has 0 saturated carbocycles. The Hall–Kier alpha value is -1.64. The summed E-state index contributed by atoms with van der Waals surface area (Å²) in [5.74, 6) is 0. The minimum atomic E-state index is -0.333. The van der Waals surface area contributed by atoms with Crippen molar-refractivity contribution in [2.45, 2.75) is 26.5 Å².